The van der Waals surface area contributed by atoms with Crippen molar-refractivity contribution in [3.05, 3.63) is 64.7 Å². The van der Waals surface area contributed by atoms with E-state index in [4.69, 9.17) is 5.11 Å². The normalized spacial score (nSPS) is 17.0. The first kappa shape index (κ1) is 31.5. The number of aryl methyl sites for hydroxylation is 1. The minimum Gasteiger partial charge on any atom is -0.395 e. The lowest BCUT2D eigenvalue weighted by Gasteiger charge is -2.44. The molecule has 4 rings (SSSR count). The molecule has 0 bridgehead atoms. The molecule has 39 heavy (non-hydrogen) atoms. The molecule has 3 aromatic rings. The van der Waals surface area contributed by atoms with Gasteiger partial charge in [-0.2, -0.15) is 0 Å². The number of amides is 2. The van der Waals surface area contributed by atoms with Crippen molar-refractivity contribution in [2.24, 2.45) is 0 Å². The number of pyridine rings is 1. The number of carbonyl (C=O) groups is 3. The van der Waals surface area contributed by atoms with Gasteiger partial charge in [0.25, 0.3) is 5.91 Å². The van der Waals surface area contributed by atoms with Gasteiger partial charge < -0.3 is 20.3 Å². The first-order chi connectivity index (χ1) is 18.7. The van der Waals surface area contributed by atoms with Gasteiger partial charge in [0.1, 0.15) is 11.5 Å². The van der Waals surface area contributed by atoms with E-state index < -0.39 is 0 Å². The average Bonchev–Trinajstić information content (AvgIpc) is 3.34. The third-order valence-electron chi connectivity index (χ3n) is 6.48. The van der Waals surface area contributed by atoms with Crippen LogP contribution in [-0.4, -0.2) is 88.5 Å². The third kappa shape index (κ3) is 8.14. The maximum atomic E-state index is 13.5. The van der Waals surface area contributed by atoms with Crippen LogP contribution in [-0.2, 0) is 11.3 Å². The van der Waals surface area contributed by atoms with Gasteiger partial charge in [0.2, 0.25) is 6.41 Å². The molecular formula is C28H37F2N5O4. The summed E-state index contributed by atoms with van der Waals surface area (Å²) in [4.78, 5) is 46.5. The number of aliphatic hydroxyl groups excluding tert-OH is 1. The second-order valence-electron chi connectivity index (χ2n) is 9.28. The van der Waals surface area contributed by atoms with E-state index in [1.54, 1.807) is 24.4 Å². The number of benzene rings is 1. The number of alkyl halides is 1. The Bertz CT molecular complexity index is 1250. The van der Waals surface area contributed by atoms with Gasteiger partial charge in [-0.3, -0.25) is 23.7 Å². The van der Waals surface area contributed by atoms with Crippen molar-refractivity contribution in [3.63, 3.8) is 0 Å². The molecule has 0 radical (unpaired) electrons. The minimum absolute atomic E-state index is 0.0118. The minimum atomic E-state index is -0.239. The van der Waals surface area contributed by atoms with Crippen molar-refractivity contribution in [2.75, 3.05) is 33.4 Å². The quantitative estimate of drug-likeness (QED) is 0.238. The molecule has 0 spiro atoms. The van der Waals surface area contributed by atoms with Crippen molar-refractivity contribution >= 4 is 29.1 Å². The van der Waals surface area contributed by atoms with Crippen LogP contribution in [0.4, 0.5) is 8.78 Å². The van der Waals surface area contributed by atoms with Gasteiger partial charge in [-0.1, -0.05) is 12.1 Å². The van der Waals surface area contributed by atoms with Crippen LogP contribution < -0.4 is 5.32 Å². The van der Waals surface area contributed by atoms with Crippen LogP contribution in [0.25, 0.3) is 11.0 Å². The lowest BCUT2D eigenvalue weighted by atomic mass is 10.0. The molecule has 1 aliphatic rings. The number of nitrogens with zero attached hydrogens (tertiary/aromatic N) is 3. The second-order valence-corrected chi connectivity index (χ2v) is 9.28. The summed E-state index contributed by atoms with van der Waals surface area (Å²) in [6.45, 7) is 9.86. The number of piperazine rings is 1. The van der Waals surface area contributed by atoms with Crippen molar-refractivity contribution < 1.29 is 28.3 Å². The molecule has 3 N–H and O–H groups in total. The highest BCUT2D eigenvalue weighted by atomic mass is 19.1. The molecule has 11 heteroatoms. The molecular weight excluding hydrogens is 508 g/mol. The highest BCUT2D eigenvalue weighted by Gasteiger charge is 2.33. The number of aliphatic hydroxyl groups is 1. The third-order valence-corrected chi connectivity index (χ3v) is 6.48. The molecule has 1 saturated heterocycles. The Morgan fingerprint density at radius 1 is 1.15 bits per heavy atom. The number of rotatable bonds is 7. The number of H-pyrrole nitrogens is 1. The number of Topliss-reactive ketones (excluding diaryl/α,β-unsaturated/α-hetero) is 1. The summed E-state index contributed by atoms with van der Waals surface area (Å²) < 4.78 is 22.7. The van der Waals surface area contributed by atoms with E-state index in [2.05, 4.69) is 27.1 Å². The standard InChI is InChI=1S/C24H27FN4O2.C3H7NO2.CH3F/c1-14-12-29(15(2)11-28(14)13-18-5-7-19(25)8-6-18)24(31)20-9-21-22(17(4)30)10-26-23(21)27-16(20)3;5-2-1-4-3-6;1-2/h5-10,14-15H,11-13H2,1-4H3,(H,26,27);3,5H,1-2H2,(H,4,6);1H3/t14-,15?;;/m0../s1. The van der Waals surface area contributed by atoms with Gasteiger partial charge in [-0.15, -0.1) is 0 Å². The maximum Gasteiger partial charge on any atom is 0.256 e. The molecule has 212 valence electrons. The fraction of sp³-hybridized carbons (Fsp3) is 0.429. The summed E-state index contributed by atoms with van der Waals surface area (Å²) in [5, 5.41) is 10.9. The summed E-state index contributed by atoms with van der Waals surface area (Å²) in [5.74, 6) is -0.369. The highest BCUT2D eigenvalue weighted by Crippen LogP contribution is 2.25. The van der Waals surface area contributed by atoms with Crippen LogP contribution in [0.3, 0.4) is 0 Å². The Balaban J connectivity index is 0.000000590. The number of hydrogen-bond acceptors (Lipinski definition) is 6. The van der Waals surface area contributed by atoms with Crippen LogP contribution in [0.2, 0.25) is 0 Å². The lowest BCUT2D eigenvalue weighted by molar-refractivity contribution is -0.109. The van der Waals surface area contributed by atoms with E-state index in [-0.39, 0.29) is 36.2 Å². The Morgan fingerprint density at radius 3 is 2.38 bits per heavy atom. The second kappa shape index (κ2) is 15.0. The zero-order valence-corrected chi connectivity index (χ0v) is 23.0. The molecule has 2 aromatic heterocycles. The topological polar surface area (TPSA) is 119 Å². The fourth-order valence-corrected chi connectivity index (χ4v) is 4.45. The van der Waals surface area contributed by atoms with Crippen LogP contribution in [0, 0.1) is 12.7 Å². The summed E-state index contributed by atoms with van der Waals surface area (Å²) in [5.41, 5.74) is 3.38. The zero-order chi connectivity index (χ0) is 29.1. The predicted octanol–water partition coefficient (Wildman–Crippen LogP) is 3.26. The van der Waals surface area contributed by atoms with Crippen molar-refractivity contribution in [1.29, 1.82) is 0 Å². The van der Waals surface area contributed by atoms with Gasteiger partial charge in [-0.25, -0.2) is 9.37 Å². The number of halogens is 2. The van der Waals surface area contributed by atoms with E-state index >= 15 is 0 Å². The molecule has 1 aliphatic heterocycles. The van der Waals surface area contributed by atoms with Gasteiger partial charge in [0.05, 0.1) is 25.0 Å². The van der Waals surface area contributed by atoms with E-state index in [0.29, 0.717) is 61.1 Å². The Labute approximate surface area is 227 Å². The Hall–Kier alpha value is -3.70. The van der Waals surface area contributed by atoms with E-state index in [0.717, 1.165) is 12.1 Å². The number of carbonyl (C=O) groups excluding carboxylic acids is 3. The molecule has 1 unspecified atom stereocenters. The maximum absolute atomic E-state index is 13.5. The number of hydrogen-bond donors (Lipinski definition) is 3. The molecule has 1 fully saturated rings. The fourth-order valence-electron chi connectivity index (χ4n) is 4.45. The first-order valence-corrected chi connectivity index (χ1v) is 12.6. The Morgan fingerprint density at radius 2 is 1.82 bits per heavy atom. The van der Waals surface area contributed by atoms with Crippen molar-refractivity contribution in [2.45, 2.75) is 46.3 Å². The van der Waals surface area contributed by atoms with Crippen LogP contribution >= 0.6 is 0 Å². The van der Waals surface area contributed by atoms with Gasteiger partial charge in [0.15, 0.2) is 5.78 Å². The summed E-state index contributed by atoms with van der Waals surface area (Å²) in [6.07, 6.45) is 2.20. The number of ketones is 1. The van der Waals surface area contributed by atoms with Gasteiger partial charge in [0, 0.05) is 55.4 Å². The molecule has 0 saturated carbocycles. The molecule has 2 atom stereocenters. The summed E-state index contributed by atoms with van der Waals surface area (Å²) in [6, 6.07) is 8.52. The highest BCUT2D eigenvalue weighted by molar-refractivity contribution is 6.08. The predicted molar refractivity (Wildman–Crippen MR) is 146 cm³/mol. The van der Waals surface area contributed by atoms with Crippen molar-refractivity contribution in [1.82, 2.24) is 25.1 Å². The van der Waals surface area contributed by atoms with Gasteiger partial charge in [-0.05, 0) is 51.5 Å². The van der Waals surface area contributed by atoms with E-state index in [9.17, 15) is 23.2 Å². The molecule has 0 aliphatic carbocycles. The van der Waals surface area contributed by atoms with E-state index in [1.165, 1.54) is 19.1 Å². The number of aromatic nitrogens is 2. The Kier molecular flexibility index (Phi) is 12.1. The van der Waals surface area contributed by atoms with Gasteiger partial charge >= 0.3 is 0 Å². The number of fused-ring (bicyclic) bond motifs is 1. The van der Waals surface area contributed by atoms with Crippen LogP contribution in [0.5, 0.6) is 0 Å². The number of aromatic amines is 1. The monoisotopic (exact) mass is 545 g/mol. The lowest BCUT2D eigenvalue weighted by Crippen LogP contribution is -2.57. The van der Waals surface area contributed by atoms with Crippen LogP contribution in [0.1, 0.15) is 52.7 Å². The summed E-state index contributed by atoms with van der Waals surface area (Å²) in [7, 11) is 0.500. The van der Waals surface area contributed by atoms with E-state index in [1.807, 2.05) is 18.7 Å². The average molecular weight is 546 g/mol. The first-order valence-electron chi connectivity index (χ1n) is 12.6. The largest absolute Gasteiger partial charge is 0.395 e. The molecule has 1 aromatic carbocycles. The SMILES string of the molecule is CC(=O)c1c[nH]c2nc(C)c(C(=O)N3C[C@H](C)N(Cc4ccc(F)cc4)CC3C)cc12.CF.O=CNCCO. The smallest absolute Gasteiger partial charge is 0.256 e. The van der Waals surface area contributed by atoms with Crippen LogP contribution in [0.15, 0.2) is 36.5 Å². The summed E-state index contributed by atoms with van der Waals surface area (Å²) >= 11 is 0. The zero-order valence-electron chi connectivity index (χ0n) is 23.0. The molecule has 3 heterocycles. The molecule has 9 nitrogen and oxygen atoms in total. The molecule has 2 amide bonds. The number of nitrogens with one attached hydrogen (secondary N) is 2. The van der Waals surface area contributed by atoms with Crippen molar-refractivity contribution in [3.8, 4) is 0 Å².